The lowest BCUT2D eigenvalue weighted by atomic mass is 10.2. The van der Waals surface area contributed by atoms with Gasteiger partial charge < -0.3 is 15.0 Å². The van der Waals surface area contributed by atoms with Gasteiger partial charge in [-0.3, -0.25) is 4.79 Å². The Morgan fingerprint density at radius 1 is 1.35 bits per heavy atom. The molecule has 4 heteroatoms. The minimum Gasteiger partial charge on any atom is -0.385 e. The maximum Gasteiger partial charge on any atom is 0.236 e. The molecular formula is C13H26N2O2. The molecule has 0 radical (unpaired) electrons. The molecule has 0 atom stereocenters. The van der Waals surface area contributed by atoms with Crippen LogP contribution in [0.1, 0.15) is 39.0 Å². The third kappa shape index (κ3) is 6.03. The fourth-order valence-electron chi connectivity index (χ4n) is 1.99. The fourth-order valence-corrected chi connectivity index (χ4v) is 1.99. The molecule has 1 amide bonds. The third-order valence-corrected chi connectivity index (χ3v) is 3.13. The Bertz CT molecular complexity index is 217. The largest absolute Gasteiger partial charge is 0.385 e. The summed E-state index contributed by atoms with van der Waals surface area (Å²) >= 11 is 0. The fraction of sp³-hybridized carbons (Fsp3) is 0.923. The zero-order valence-corrected chi connectivity index (χ0v) is 11.2. The van der Waals surface area contributed by atoms with Crippen LogP contribution in [0, 0.1) is 0 Å². The van der Waals surface area contributed by atoms with Crippen LogP contribution in [-0.4, -0.2) is 50.2 Å². The standard InChI is InChI=1S/C13H26N2O2/c1-3-15(12-7-8-12)13(16)11-14-9-5-4-6-10-17-2/h12,14H,3-11H2,1-2H3. The molecule has 0 aromatic heterocycles. The molecular weight excluding hydrogens is 216 g/mol. The number of ether oxygens (including phenoxy) is 1. The van der Waals surface area contributed by atoms with E-state index in [-0.39, 0.29) is 5.91 Å². The van der Waals surface area contributed by atoms with E-state index in [1.165, 1.54) is 12.8 Å². The van der Waals surface area contributed by atoms with E-state index < -0.39 is 0 Å². The van der Waals surface area contributed by atoms with Crippen molar-refractivity contribution in [2.45, 2.75) is 45.1 Å². The minimum absolute atomic E-state index is 0.256. The zero-order valence-electron chi connectivity index (χ0n) is 11.2. The van der Waals surface area contributed by atoms with Crippen LogP contribution in [0.4, 0.5) is 0 Å². The van der Waals surface area contributed by atoms with E-state index in [9.17, 15) is 4.79 Å². The molecule has 1 aliphatic rings. The van der Waals surface area contributed by atoms with Crippen LogP contribution in [-0.2, 0) is 9.53 Å². The van der Waals surface area contributed by atoms with Crippen molar-refractivity contribution in [2.75, 3.05) is 33.4 Å². The van der Waals surface area contributed by atoms with Crippen LogP contribution < -0.4 is 5.32 Å². The lowest BCUT2D eigenvalue weighted by Gasteiger charge is -2.20. The van der Waals surface area contributed by atoms with Gasteiger partial charge >= 0.3 is 0 Å². The van der Waals surface area contributed by atoms with Crippen LogP contribution in [0.25, 0.3) is 0 Å². The summed E-state index contributed by atoms with van der Waals surface area (Å²) in [6.07, 6.45) is 5.77. The normalized spacial score (nSPS) is 14.9. The highest BCUT2D eigenvalue weighted by Crippen LogP contribution is 2.26. The second kappa shape index (κ2) is 8.48. The molecule has 4 nitrogen and oxygen atoms in total. The molecule has 0 bridgehead atoms. The van der Waals surface area contributed by atoms with Crippen LogP contribution in [0.2, 0.25) is 0 Å². The van der Waals surface area contributed by atoms with Gasteiger partial charge in [-0.1, -0.05) is 0 Å². The Kier molecular flexibility index (Phi) is 7.21. The molecule has 1 fully saturated rings. The number of rotatable bonds is 10. The van der Waals surface area contributed by atoms with Gasteiger partial charge in [0.2, 0.25) is 5.91 Å². The smallest absolute Gasteiger partial charge is 0.236 e. The number of likely N-dealkylation sites (N-methyl/N-ethyl adjacent to an activating group) is 1. The maximum atomic E-state index is 11.8. The van der Waals surface area contributed by atoms with Gasteiger partial charge in [-0.25, -0.2) is 0 Å². The number of amides is 1. The summed E-state index contributed by atoms with van der Waals surface area (Å²) in [6, 6.07) is 0.538. The number of unbranched alkanes of at least 4 members (excludes halogenated alkanes) is 2. The number of nitrogens with zero attached hydrogens (tertiary/aromatic N) is 1. The van der Waals surface area contributed by atoms with Gasteiger partial charge in [0.25, 0.3) is 0 Å². The molecule has 100 valence electrons. The number of hydrogen-bond donors (Lipinski definition) is 1. The van der Waals surface area contributed by atoms with Gasteiger partial charge in [0.1, 0.15) is 0 Å². The first kappa shape index (κ1) is 14.5. The number of nitrogens with one attached hydrogen (secondary N) is 1. The van der Waals surface area contributed by atoms with Crippen molar-refractivity contribution in [3.05, 3.63) is 0 Å². The Hall–Kier alpha value is -0.610. The topological polar surface area (TPSA) is 41.6 Å². The third-order valence-electron chi connectivity index (χ3n) is 3.13. The van der Waals surface area contributed by atoms with Crippen molar-refractivity contribution in [1.29, 1.82) is 0 Å². The molecule has 0 aliphatic heterocycles. The van der Waals surface area contributed by atoms with Crippen molar-refractivity contribution in [1.82, 2.24) is 10.2 Å². The Balaban J connectivity index is 1.96. The van der Waals surface area contributed by atoms with Crippen molar-refractivity contribution < 1.29 is 9.53 Å². The van der Waals surface area contributed by atoms with Crippen LogP contribution in [0.5, 0.6) is 0 Å². The molecule has 1 N–H and O–H groups in total. The molecule has 0 aromatic carbocycles. The molecule has 0 aromatic rings. The predicted octanol–water partition coefficient (Wildman–Crippen LogP) is 1.40. The lowest BCUT2D eigenvalue weighted by Crippen LogP contribution is -2.39. The lowest BCUT2D eigenvalue weighted by molar-refractivity contribution is -0.130. The molecule has 1 saturated carbocycles. The van der Waals surface area contributed by atoms with Gasteiger partial charge in [0, 0.05) is 26.3 Å². The maximum absolute atomic E-state index is 11.8. The van der Waals surface area contributed by atoms with E-state index in [2.05, 4.69) is 12.2 Å². The SMILES string of the molecule is CCN(C(=O)CNCCCCCOC)C1CC1. The zero-order chi connectivity index (χ0) is 12.5. The monoisotopic (exact) mass is 242 g/mol. The van der Waals surface area contributed by atoms with Crippen molar-refractivity contribution in [3.8, 4) is 0 Å². The first-order chi connectivity index (χ1) is 8.29. The van der Waals surface area contributed by atoms with E-state index in [1.807, 2.05) is 4.90 Å². The predicted molar refractivity (Wildman–Crippen MR) is 69.0 cm³/mol. The van der Waals surface area contributed by atoms with E-state index in [0.717, 1.165) is 39.0 Å². The second-order valence-electron chi connectivity index (χ2n) is 4.64. The molecule has 0 heterocycles. The summed E-state index contributed by atoms with van der Waals surface area (Å²) in [4.78, 5) is 13.8. The average molecular weight is 242 g/mol. The van der Waals surface area contributed by atoms with Gasteiger partial charge in [0.05, 0.1) is 6.54 Å². The average Bonchev–Trinajstić information content (AvgIpc) is 3.13. The summed E-state index contributed by atoms with van der Waals surface area (Å²) in [7, 11) is 1.73. The summed E-state index contributed by atoms with van der Waals surface area (Å²) < 4.78 is 4.98. The molecule has 0 unspecified atom stereocenters. The quantitative estimate of drug-likeness (QED) is 0.589. The summed E-state index contributed by atoms with van der Waals surface area (Å²) in [6.45, 7) is 5.16. The number of carbonyl (C=O) groups is 1. The van der Waals surface area contributed by atoms with Gasteiger partial charge in [-0.05, 0) is 45.6 Å². The van der Waals surface area contributed by atoms with Crippen LogP contribution in [0.15, 0.2) is 0 Å². The molecule has 0 spiro atoms. The van der Waals surface area contributed by atoms with Gasteiger partial charge in [0.15, 0.2) is 0 Å². The Labute approximate surface area is 105 Å². The van der Waals surface area contributed by atoms with Crippen molar-refractivity contribution in [2.24, 2.45) is 0 Å². The van der Waals surface area contributed by atoms with Gasteiger partial charge in [-0.15, -0.1) is 0 Å². The summed E-state index contributed by atoms with van der Waals surface area (Å²) in [5.41, 5.74) is 0. The Morgan fingerprint density at radius 2 is 2.12 bits per heavy atom. The van der Waals surface area contributed by atoms with Crippen molar-refractivity contribution >= 4 is 5.91 Å². The highest BCUT2D eigenvalue weighted by atomic mass is 16.5. The molecule has 17 heavy (non-hydrogen) atoms. The highest BCUT2D eigenvalue weighted by Gasteiger charge is 2.30. The summed E-state index contributed by atoms with van der Waals surface area (Å²) in [5.74, 6) is 0.256. The number of carbonyl (C=O) groups excluding carboxylic acids is 1. The van der Waals surface area contributed by atoms with E-state index in [4.69, 9.17) is 4.74 Å². The summed E-state index contributed by atoms with van der Waals surface area (Å²) in [5, 5.41) is 3.23. The van der Waals surface area contributed by atoms with Crippen LogP contribution >= 0.6 is 0 Å². The first-order valence-electron chi connectivity index (χ1n) is 6.78. The molecule has 1 aliphatic carbocycles. The minimum atomic E-state index is 0.256. The Morgan fingerprint density at radius 3 is 2.71 bits per heavy atom. The highest BCUT2D eigenvalue weighted by molar-refractivity contribution is 5.78. The number of methoxy groups -OCH3 is 1. The molecule has 0 saturated heterocycles. The number of hydrogen-bond acceptors (Lipinski definition) is 3. The second-order valence-corrected chi connectivity index (χ2v) is 4.64. The van der Waals surface area contributed by atoms with Crippen molar-refractivity contribution in [3.63, 3.8) is 0 Å². The van der Waals surface area contributed by atoms with E-state index in [1.54, 1.807) is 7.11 Å². The van der Waals surface area contributed by atoms with Crippen LogP contribution in [0.3, 0.4) is 0 Å². The first-order valence-corrected chi connectivity index (χ1v) is 6.78. The van der Waals surface area contributed by atoms with E-state index >= 15 is 0 Å². The molecule has 1 rings (SSSR count). The van der Waals surface area contributed by atoms with Gasteiger partial charge in [-0.2, -0.15) is 0 Å². The van der Waals surface area contributed by atoms with E-state index in [0.29, 0.717) is 12.6 Å².